The first kappa shape index (κ1) is 12.8. The monoisotopic (exact) mass is 240 g/mol. The molecule has 0 amide bonds. The predicted octanol–water partition coefficient (Wildman–Crippen LogP) is 1.15. The minimum absolute atomic E-state index is 0.113. The molecule has 4 heteroatoms. The molecule has 4 nitrogen and oxygen atoms in total. The molecule has 98 valence electrons. The maximum Gasteiger partial charge on any atom is 0.307 e. The second-order valence-corrected chi connectivity index (χ2v) is 5.88. The Morgan fingerprint density at radius 3 is 2.76 bits per heavy atom. The van der Waals surface area contributed by atoms with Gasteiger partial charge in [-0.2, -0.15) is 0 Å². The SMILES string of the molecule is COC(=O)CC1CN(C2CC2)C(C)(C)CCN1. The maximum absolute atomic E-state index is 11.4. The Bertz CT molecular complexity index is 287. The van der Waals surface area contributed by atoms with Crippen LogP contribution in [0, 0.1) is 0 Å². The number of nitrogens with zero attached hydrogens (tertiary/aromatic N) is 1. The van der Waals surface area contributed by atoms with E-state index in [4.69, 9.17) is 4.74 Å². The first-order valence-electron chi connectivity index (χ1n) is 6.60. The average Bonchev–Trinajstić information content (AvgIpc) is 3.07. The molecule has 2 rings (SSSR count). The van der Waals surface area contributed by atoms with Crippen molar-refractivity contribution in [1.82, 2.24) is 10.2 Å². The maximum atomic E-state index is 11.4. The highest BCUT2D eigenvalue weighted by atomic mass is 16.5. The van der Waals surface area contributed by atoms with Crippen LogP contribution in [0.15, 0.2) is 0 Å². The largest absolute Gasteiger partial charge is 0.469 e. The molecule has 0 aromatic heterocycles. The molecule has 1 unspecified atom stereocenters. The lowest BCUT2D eigenvalue weighted by Crippen LogP contribution is -2.48. The van der Waals surface area contributed by atoms with E-state index >= 15 is 0 Å². The lowest BCUT2D eigenvalue weighted by atomic mass is 9.98. The van der Waals surface area contributed by atoms with Gasteiger partial charge in [-0.1, -0.05) is 0 Å². The van der Waals surface area contributed by atoms with Crippen LogP contribution in [-0.2, 0) is 9.53 Å². The summed E-state index contributed by atoms with van der Waals surface area (Å²) in [6.07, 6.45) is 4.25. The number of carbonyl (C=O) groups is 1. The van der Waals surface area contributed by atoms with E-state index in [1.54, 1.807) is 0 Å². The van der Waals surface area contributed by atoms with Crippen LogP contribution in [0.3, 0.4) is 0 Å². The quantitative estimate of drug-likeness (QED) is 0.752. The summed E-state index contributed by atoms with van der Waals surface area (Å²) < 4.78 is 4.76. The Hall–Kier alpha value is -0.610. The van der Waals surface area contributed by atoms with Crippen molar-refractivity contribution in [3.63, 3.8) is 0 Å². The normalized spacial score (nSPS) is 29.7. The van der Waals surface area contributed by atoms with E-state index in [0.717, 1.165) is 25.6 Å². The zero-order chi connectivity index (χ0) is 12.5. The molecule has 1 aliphatic heterocycles. The van der Waals surface area contributed by atoms with Crippen LogP contribution in [0.1, 0.15) is 39.5 Å². The van der Waals surface area contributed by atoms with Gasteiger partial charge in [0.2, 0.25) is 0 Å². The summed E-state index contributed by atoms with van der Waals surface area (Å²) in [6.45, 7) is 6.58. The third-order valence-corrected chi connectivity index (χ3v) is 3.99. The molecule has 17 heavy (non-hydrogen) atoms. The van der Waals surface area contributed by atoms with E-state index in [2.05, 4.69) is 24.1 Å². The Balaban J connectivity index is 1.99. The van der Waals surface area contributed by atoms with E-state index in [9.17, 15) is 4.79 Å². The Labute approximate surface area is 104 Å². The summed E-state index contributed by atoms with van der Waals surface area (Å²) in [7, 11) is 1.46. The molecule has 0 radical (unpaired) electrons. The molecular weight excluding hydrogens is 216 g/mol. The molecule has 0 bridgehead atoms. The number of nitrogens with one attached hydrogen (secondary N) is 1. The van der Waals surface area contributed by atoms with Gasteiger partial charge >= 0.3 is 5.97 Å². The zero-order valence-electron chi connectivity index (χ0n) is 11.2. The van der Waals surface area contributed by atoms with Crippen molar-refractivity contribution in [1.29, 1.82) is 0 Å². The van der Waals surface area contributed by atoms with Gasteiger partial charge in [0.05, 0.1) is 13.5 Å². The van der Waals surface area contributed by atoms with Gasteiger partial charge in [-0.3, -0.25) is 9.69 Å². The minimum Gasteiger partial charge on any atom is -0.469 e. The molecular formula is C13H24N2O2. The first-order chi connectivity index (χ1) is 8.03. The highest BCUT2D eigenvalue weighted by Crippen LogP contribution is 2.35. The van der Waals surface area contributed by atoms with Gasteiger partial charge in [0.25, 0.3) is 0 Å². The van der Waals surface area contributed by atoms with Crippen LogP contribution >= 0.6 is 0 Å². The summed E-state index contributed by atoms with van der Waals surface area (Å²) in [5, 5.41) is 3.47. The fourth-order valence-electron chi connectivity index (χ4n) is 2.73. The van der Waals surface area contributed by atoms with Crippen molar-refractivity contribution < 1.29 is 9.53 Å². The van der Waals surface area contributed by atoms with Crippen LogP contribution in [0.4, 0.5) is 0 Å². The molecule has 0 aromatic rings. The molecule has 1 N–H and O–H groups in total. The molecule has 1 saturated carbocycles. The topological polar surface area (TPSA) is 41.6 Å². The molecule has 0 spiro atoms. The van der Waals surface area contributed by atoms with Crippen LogP contribution in [0.25, 0.3) is 0 Å². The van der Waals surface area contributed by atoms with Gasteiger partial charge < -0.3 is 10.1 Å². The van der Waals surface area contributed by atoms with E-state index in [0.29, 0.717) is 6.42 Å². The van der Waals surface area contributed by atoms with Crippen LogP contribution in [-0.4, -0.2) is 48.7 Å². The number of hydrogen-bond donors (Lipinski definition) is 1. The highest BCUT2D eigenvalue weighted by Gasteiger charge is 2.40. The van der Waals surface area contributed by atoms with Gasteiger partial charge in [-0.15, -0.1) is 0 Å². The fraction of sp³-hybridized carbons (Fsp3) is 0.923. The molecule has 1 saturated heterocycles. The van der Waals surface area contributed by atoms with Crippen molar-refractivity contribution in [2.24, 2.45) is 0 Å². The van der Waals surface area contributed by atoms with E-state index < -0.39 is 0 Å². The summed E-state index contributed by atoms with van der Waals surface area (Å²) in [5.41, 5.74) is 0.249. The minimum atomic E-state index is -0.113. The number of esters is 1. The lowest BCUT2D eigenvalue weighted by Gasteiger charge is -2.38. The van der Waals surface area contributed by atoms with Crippen molar-refractivity contribution in [2.75, 3.05) is 20.2 Å². The van der Waals surface area contributed by atoms with Crippen molar-refractivity contribution in [3.8, 4) is 0 Å². The zero-order valence-corrected chi connectivity index (χ0v) is 11.2. The van der Waals surface area contributed by atoms with Crippen LogP contribution in [0.5, 0.6) is 0 Å². The van der Waals surface area contributed by atoms with Crippen LogP contribution in [0.2, 0.25) is 0 Å². The molecule has 0 aromatic carbocycles. The molecule has 1 heterocycles. The molecule has 2 aliphatic rings. The Morgan fingerprint density at radius 2 is 2.18 bits per heavy atom. The van der Waals surface area contributed by atoms with Gasteiger partial charge in [0.1, 0.15) is 0 Å². The van der Waals surface area contributed by atoms with Crippen molar-refractivity contribution in [3.05, 3.63) is 0 Å². The third-order valence-electron chi connectivity index (χ3n) is 3.99. The second-order valence-electron chi connectivity index (χ2n) is 5.88. The van der Waals surface area contributed by atoms with Gasteiger partial charge in [-0.25, -0.2) is 0 Å². The number of hydrogen-bond acceptors (Lipinski definition) is 4. The Kier molecular flexibility index (Phi) is 3.73. The van der Waals surface area contributed by atoms with E-state index in [1.165, 1.54) is 20.0 Å². The summed E-state index contributed by atoms with van der Waals surface area (Å²) >= 11 is 0. The second kappa shape index (κ2) is 4.94. The average molecular weight is 240 g/mol. The Morgan fingerprint density at radius 1 is 1.47 bits per heavy atom. The fourth-order valence-corrected chi connectivity index (χ4v) is 2.73. The van der Waals surface area contributed by atoms with Crippen molar-refractivity contribution >= 4 is 5.97 Å². The number of rotatable bonds is 3. The molecule has 1 atom stereocenters. The number of methoxy groups -OCH3 is 1. The van der Waals surface area contributed by atoms with Crippen LogP contribution < -0.4 is 5.32 Å². The van der Waals surface area contributed by atoms with Gasteiger partial charge in [0.15, 0.2) is 0 Å². The summed E-state index contributed by atoms with van der Waals surface area (Å²) in [6, 6.07) is 0.981. The molecule has 1 aliphatic carbocycles. The summed E-state index contributed by atoms with van der Waals surface area (Å²) in [4.78, 5) is 13.9. The van der Waals surface area contributed by atoms with E-state index in [-0.39, 0.29) is 17.6 Å². The number of carbonyl (C=O) groups excluding carboxylic acids is 1. The highest BCUT2D eigenvalue weighted by molar-refractivity contribution is 5.69. The van der Waals surface area contributed by atoms with Gasteiger partial charge in [-0.05, 0) is 39.7 Å². The standard InChI is InChI=1S/C13H24N2O2/c1-13(2)6-7-14-10(8-12(16)17-3)9-15(13)11-4-5-11/h10-11,14H,4-9H2,1-3H3. The molecule has 2 fully saturated rings. The predicted molar refractivity (Wildman–Crippen MR) is 66.8 cm³/mol. The first-order valence-corrected chi connectivity index (χ1v) is 6.60. The van der Waals surface area contributed by atoms with Crippen molar-refractivity contribution in [2.45, 2.75) is 57.2 Å². The third kappa shape index (κ3) is 3.19. The van der Waals surface area contributed by atoms with E-state index in [1.807, 2.05) is 0 Å². The number of ether oxygens (including phenoxy) is 1. The summed E-state index contributed by atoms with van der Waals surface area (Å²) in [5.74, 6) is -0.113. The lowest BCUT2D eigenvalue weighted by molar-refractivity contribution is -0.141. The van der Waals surface area contributed by atoms with Gasteiger partial charge in [0, 0.05) is 24.2 Å². The smallest absolute Gasteiger partial charge is 0.307 e.